The number of nitrogens with two attached hydrogens (primary N) is 1. The molecule has 1 fully saturated rings. The number of rotatable bonds is 4. The van der Waals surface area contributed by atoms with Crippen molar-refractivity contribution in [2.75, 3.05) is 13.7 Å². The first-order chi connectivity index (χ1) is 8.73. The van der Waals surface area contributed by atoms with Gasteiger partial charge in [0, 0.05) is 12.0 Å². The lowest BCUT2D eigenvalue weighted by Gasteiger charge is -2.35. The van der Waals surface area contributed by atoms with Gasteiger partial charge in [-0.05, 0) is 25.0 Å². The van der Waals surface area contributed by atoms with Crippen LogP contribution in [0.2, 0.25) is 0 Å². The Kier molecular flexibility index (Phi) is 4.02. The van der Waals surface area contributed by atoms with E-state index in [9.17, 15) is 4.79 Å². The van der Waals surface area contributed by atoms with E-state index in [0.29, 0.717) is 17.9 Å². The molecule has 0 aromatic heterocycles. The quantitative estimate of drug-likeness (QED) is 0.832. The summed E-state index contributed by atoms with van der Waals surface area (Å²) in [5.74, 6) is 0.808. The molecule has 2 rings (SSSR count). The first-order valence-corrected chi connectivity index (χ1v) is 6.61. The van der Waals surface area contributed by atoms with Crippen molar-refractivity contribution in [2.45, 2.75) is 32.1 Å². The first kappa shape index (κ1) is 13.1. The molecule has 3 nitrogen and oxygen atoms in total. The predicted octanol–water partition coefficient (Wildman–Crippen LogP) is 2.79. The van der Waals surface area contributed by atoms with E-state index in [1.165, 1.54) is 6.42 Å². The average Bonchev–Trinajstić information content (AvgIpc) is 2.47. The predicted molar refractivity (Wildman–Crippen MR) is 71.9 cm³/mol. The van der Waals surface area contributed by atoms with Crippen LogP contribution in [-0.2, 0) is 0 Å². The summed E-state index contributed by atoms with van der Waals surface area (Å²) in [7, 11) is 1.60. The van der Waals surface area contributed by atoms with Crippen LogP contribution in [0.4, 0.5) is 0 Å². The van der Waals surface area contributed by atoms with Crippen molar-refractivity contribution in [2.24, 2.45) is 11.1 Å². The average molecular weight is 247 g/mol. The summed E-state index contributed by atoms with van der Waals surface area (Å²) < 4.78 is 5.29. The largest absolute Gasteiger partial charge is 0.496 e. The summed E-state index contributed by atoms with van der Waals surface area (Å²) in [6.45, 7) is 0.434. The summed E-state index contributed by atoms with van der Waals surface area (Å²) in [5, 5.41) is 0. The molecule has 0 heterocycles. The smallest absolute Gasteiger partial charge is 0.173 e. The van der Waals surface area contributed by atoms with Gasteiger partial charge in [0.15, 0.2) is 5.78 Å². The number of carbonyl (C=O) groups excluding carboxylic acids is 1. The van der Waals surface area contributed by atoms with Gasteiger partial charge < -0.3 is 10.5 Å². The Hall–Kier alpha value is -1.35. The monoisotopic (exact) mass is 247 g/mol. The molecule has 0 saturated heterocycles. The molecule has 0 spiro atoms. The fourth-order valence-corrected chi connectivity index (χ4v) is 2.87. The minimum absolute atomic E-state index is 0.155. The summed E-state index contributed by atoms with van der Waals surface area (Å²) in [5.41, 5.74) is 6.21. The third-order valence-corrected chi connectivity index (χ3v) is 4.03. The first-order valence-electron chi connectivity index (χ1n) is 6.61. The normalized spacial score (nSPS) is 18.3. The van der Waals surface area contributed by atoms with Crippen molar-refractivity contribution in [1.29, 1.82) is 0 Å². The van der Waals surface area contributed by atoms with Gasteiger partial charge in [-0.15, -0.1) is 0 Å². The van der Waals surface area contributed by atoms with Gasteiger partial charge in [0.2, 0.25) is 0 Å². The van der Waals surface area contributed by atoms with E-state index in [1.807, 2.05) is 24.3 Å². The molecule has 0 bridgehead atoms. The summed E-state index contributed by atoms with van der Waals surface area (Å²) in [4.78, 5) is 12.8. The maximum Gasteiger partial charge on any atom is 0.173 e. The van der Waals surface area contributed by atoms with E-state index in [1.54, 1.807) is 7.11 Å². The number of Topliss-reactive ketones (excluding diaryl/α,β-unsaturated/α-hetero) is 1. The minimum Gasteiger partial charge on any atom is -0.496 e. The van der Waals surface area contributed by atoms with Gasteiger partial charge in [-0.3, -0.25) is 4.79 Å². The zero-order chi connectivity index (χ0) is 13.0. The van der Waals surface area contributed by atoms with E-state index >= 15 is 0 Å². The molecule has 1 aromatic rings. The Morgan fingerprint density at radius 1 is 1.28 bits per heavy atom. The maximum atomic E-state index is 12.8. The number of methoxy groups -OCH3 is 1. The SMILES string of the molecule is COc1ccccc1C(=O)C1(CN)CCCCC1. The molecule has 98 valence electrons. The van der Waals surface area contributed by atoms with Gasteiger partial charge in [0.25, 0.3) is 0 Å². The molecule has 18 heavy (non-hydrogen) atoms. The van der Waals surface area contributed by atoms with Crippen LogP contribution < -0.4 is 10.5 Å². The summed E-state index contributed by atoms with van der Waals surface area (Å²) in [6, 6.07) is 7.43. The lowest BCUT2D eigenvalue weighted by molar-refractivity contribution is 0.0726. The number of benzene rings is 1. The van der Waals surface area contributed by atoms with Crippen LogP contribution in [0.1, 0.15) is 42.5 Å². The van der Waals surface area contributed by atoms with Gasteiger partial charge in [-0.25, -0.2) is 0 Å². The number of para-hydroxylation sites is 1. The van der Waals surface area contributed by atoms with E-state index in [4.69, 9.17) is 10.5 Å². The molecule has 1 aliphatic carbocycles. The van der Waals surface area contributed by atoms with Crippen molar-refractivity contribution in [3.05, 3.63) is 29.8 Å². The third-order valence-electron chi connectivity index (χ3n) is 4.03. The molecule has 1 aromatic carbocycles. The maximum absolute atomic E-state index is 12.8. The third kappa shape index (κ3) is 2.27. The fourth-order valence-electron chi connectivity index (χ4n) is 2.87. The van der Waals surface area contributed by atoms with E-state index in [2.05, 4.69) is 0 Å². The van der Waals surface area contributed by atoms with Gasteiger partial charge in [0.1, 0.15) is 5.75 Å². The zero-order valence-corrected chi connectivity index (χ0v) is 10.9. The molecule has 0 radical (unpaired) electrons. The van der Waals surface area contributed by atoms with Gasteiger partial charge >= 0.3 is 0 Å². The van der Waals surface area contributed by atoms with Crippen molar-refractivity contribution in [1.82, 2.24) is 0 Å². The van der Waals surface area contributed by atoms with Crippen LogP contribution in [0, 0.1) is 5.41 Å². The lowest BCUT2D eigenvalue weighted by atomic mass is 9.69. The van der Waals surface area contributed by atoms with Crippen LogP contribution in [0.5, 0.6) is 5.75 Å². The molecular weight excluding hydrogens is 226 g/mol. The molecule has 0 unspecified atom stereocenters. The highest BCUT2D eigenvalue weighted by atomic mass is 16.5. The molecular formula is C15H21NO2. The molecule has 1 aliphatic rings. The highest BCUT2D eigenvalue weighted by Crippen LogP contribution is 2.39. The topological polar surface area (TPSA) is 52.3 Å². The van der Waals surface area contributed by atoms with Gasteiger partial charge in [-0.1, -0.05) is 31.4 Å². The number of carbonyl (C=O) groups is 1. The van der Waals surface area contributed by atoms with Crippen LogP contribution in [-0.4, -0.2) is 19.4 Å². The zero-order valence-electron chi connectivity index (χ0n) is 10.9. The van der Waals surface area contributed by atoms with Crippen LogP contribution >= 0.6 is 0 Å². The molecule has 0 aliphatic heterocycles. The second-order valence-corrected chi connectivity index (χ2v) is 5.07. The van der Waals surface area contributed by atoms with Crippen molar-refractivity contribution < 1.29 is 9.53 Å². The highest BCUT2D eigenvalue weighted by molar-refractivity contribution is 6.03. The number of ketones is 1. The van der Waals surface area contributed by atoms with Gasteiger partial charge in [-0.2, -0.15) is 0 Å². The lowest BCUT2D eigenvalue weighted by Crippen LogP contribution is -2.40. The second-order valence-electron chi connectivity index (χ2n) is 5.07. The Balaban J connectivity index is 2.33. The Labute approximate surface area is 108 Å². The van der Waals surface area contributed by atoms with Crippen LogP contribution in [0.15, 0.2) is 24.3 Å². The fraction of sp³-hybridized carbons (Fsp3) is 0.533. The minimum atomic E-state index is -0.368. The Morgan fingerprint density at radius 2 is 1.94 bits per heavy atom. The summed E-state index contributed by atoms with van der Waals surface area (Å²) >= 11 is 0. The van der Waals surface area contributed by atoms with Crippen LogP contribution in [0.3, 0.4) is 0 Å². The van der Waals surface area contributed by atoms with Gasteiger partial charge in [0.05, 0.1) is 12.7 Å². The standard InChI is InChI=1S/C15H21NO2/c1-18-13-8-4-3-7-12(13)14(17)15(11-16)9-5-2-6-10-15/h3-4,7-8H,2,5-6,9-11,16H2,1H3. The van der Waals surface area contributed by atoms with E-state index in [0.717, 1.165) is 25.7 Å². The molecule has 3 heteroatoms. The summed E-state index contributed by atoms with van der Waals surface area (Å²) in [6.07, 6.45) is 5.21. The van der Waals surface area contributed by atoms with Crippen molar-refractivity contribution >= 4 is 5.78 Å². The van der Waals surface area contributed by atoms with Crippen LogP contribution in [0.25, 0.3) is 0 Å². The Morgan fingerprint density at radius 3 is 2.56 bits per heavy atom. The van der Waals surface area contributed by atoms with Crippen molar-refractivity contribution in [3.8, 4) is 5.75 Å². The van der Waals surface area contributed by atoms with Crippen molar-refractivity contribution in [3.63, 3.8) is 0 Å². The molecule has 1 saturated carbocycles. The number of hydrogen-bond donors (Lipinski definition) is 1. The van der Waals surface area contributed by atoms with E-state index in [-0.39, 0.29) is 11.2 Å². The molecule has 0 amide bonds. The second kappa shape index (κ2) is 5.53. The Bertz CT molecular complexity index is 422. The number of hydrogen-bond acceptors (Lipinski definition) is 3. The number of ether oxygens (including phenoxy) is 1. The highest BCUT2D eigenvalue weighted by Gasteiger charge is 2.39. The van der Waals surface area contributed by atoms with E-state index < -0.39 is 0 Å². The molecule has 0 atom stereocenters. The molecule has 2 N–H and O–H groups in total.